The van der Waals surface area contributed by atoms with Gasteiger partial charge in [-0.3, -0.25) is 0 Å². The molecule has 1 rings (SSSR count). The molecule has 0 heterocycles. The summed E-state index contributed by atoms with van der Waals surface area (Å²) in [6.45, 7) is 6.10. The van der Waals surface area contributed by atoms with E-state index in [0.29, 0.717) is 12.6 Å². The highest BCUT2D eigenvalue weighted by Crippen LogP contribution is 2.45. The van der Waals surface area contributed by atoms with Crippen LogP contribution in [-0.4, -0.2) is 32.6 Å². The molecular formula is C13H25FN2O2. The number of ether oxygens (including phenoxy) is 1. The topological polar surface area (TPSA) is 50.4 Å². The molecule has 1 fully saturated rings. The Morgan fingerprint density at radius 1 is 1.39 bits per heavy atom. The molecule has 0 aromatic rings. The van der Waals surface area contributed by atoms with Gasteiger partial charge in [-0.05, 0) is 37.1 Å². The fourth-order valence-corrected chi connectivity index (χ4v) is 3.36. The van der Waals surface area contributed by atoms with Gasteiger partial charge < -0.3 is 15.4 Å². The number of halogens is 1. The van der Waals surface area contributed by atoms with Gasteiger partial charge in [-0.25, -0.2) is 9.18 Å². The highest BCUT2D eigenvalue weighted by molar-refractivity contribution is 5.67. The normalized spacial score (nSPS) is 30.8. The average molecular weight is 260 g/mol. The summed E-state index contributed by atoms with van der Waals surface area (Å²) < 4.78 is 16.1. The molecule has 5 heteroatoms. The molecule has 0 radical (unpaired) electrons. The summed E-state index contributed by atoms with van der Waals surface area (Å²) in [5.74, 6) is 0. The van der Waals surface area contributed by atoms with Crippen molar-refractivity contribution in [3.63, 3.8) is 0 Å². The summed E-state index contributed by atoms with van der Waals surface area (Å²) in [4.78, 5) is 11.2. The van der Waals surface area contributed by atoms with Crippen molar-refractivity contribution >= 4 is 6.09 Å². The fraction of sp³-hybridized carbons (Fsp3) is 0.923. The number of hydrogen-bond donors (Lipinski definition) is 2. The van der Waals surface area contributed by atoms with Crippen LogP contribution >= 0.6 is 0 Å². The molecule has 0 aliphatic heterocycles. The van der Waals surface area contributed by atoms with Gasteiger partial charge in [0.05, 0.1) is 0 Å². The lowest BCUT2D eigenvalue weighted by molar-refractivity contribution is 0.0625. The molecule has 2 unspecified atom stereocenters. The Morgan fingerprint density at radius 3 is 2.61 bits per heavy atom. The van der Waals surface area contributed by atoms with E-state index in [-0.39, 0.29) is 10.8 Å². The molecule has 2 N–H and O–H groups in total. The van der Waals surface area contributed by atoms with Gasteiger partial charge in [0.15, 0.2) is 0 Å². The zero-order chi connectivity index (χ0) is 13.8. The van der Waals surface area contributed by atoms with Crippen LogP contribution in [0.3, 0.4) is 0 Å². The van der Waals surface area contributed by atoms with Crippen LogP contribution in [0.4, 0.5) is 9.18 Å². The maximum absolute atomic E-state index is 11.9. The first-order chi connectivity index (χ1) is 8.30. The maximum Gasteiger partial charge on any atom is 0.409 e. The molecule has 0 aromatic heterocycles. The van der Waals surface area contributed by atoms with E-state index in [2.05, 4.69) is 36.1 Å². The lowest BCUT2D eigenvalue weighted by Gasteiger charge is -2.46. The molecule has 0 spiro atoms. The molecule has 4 nitrogen and oxygen atoms in total. The van der Waals surface area contributed by atoms with Crippen molar-refractivity contribution in [1.82, 2.24) is 10.6 Å². The van der Waals surface area contributed by atoms with Gasteiger partial charge in [-0.2, -0.15) is 0 Å². The van der Waals surface area contributed by atoms with Gasteiger partial charge in [-0.1, -0.05) is 20.8 Å². The number of carbonyl (C=O) groups excluding carboxylic acids is 1. The summed E-state index contributed by atoms with van der Waals surface area (Å²) in [5.41, 5.74) is 0.261. The van der Waals surface area contributed by atoms with Crippen LogP contribution < -0.4 is 10.6 Å². The molecule has 1 aliphatic carbocycles. The van der Waals surface area contributed by atoms with Crippen molar-refractivity contribution < 1.29 is 13.9 Å². The lowest BCUT2D eigenvalue weighted by atomic mass is 9.62. The Kier molecular flexibility index (Phi) is 4.96. The first kappa shape index (κ1) is 15.2. The van der Waals surface area contributed by atoms with Crippen LogP contribution in [0.15, 0.2) is 0 Å². The van der Waals surface area contributed by atoms with E-state index >= 15 is 0 Å². The Labute approximate surface area is 109 Å². The van der Waals surface area contributed by atoms with E-state index < -0.39 is 13.0 Å². The van der Waals surface area contributed by atoms with Crippen LogP contribution in [0.25, 0.3) is 0 Å². The summed E-state index contributed by atoms with van der Waals surface area (Å²) in [6.07, 6.45) is 2.49. The number of amides is 1. The van der Waals surface area contributed by atoms with Crippen molar-refractivity contribution in [2.75, 3.05) is 20.5 Å². The van der Waals surface area contributed by atoms with Crippen LogP contribution in [0.2, 0.25) is 0 Å². The first-order valence-corrected chi connectivity index (χ1v) is 6.44. The van der Waals surface area contributed by atoms with Crippen LogP contribution in [0, 0.1) is 10.8 Å². The van der Waals surface area contributed by atoms with Crippen molar-refractivity contribution in [2.45, 2.75) is 46.1 Å². The third kappa shape index (κ3) is 4.44. The number of carbonyl (C=O) groups is 1. The van der Waals surface area contributed by atoms with E-state index in [4.69, 9.17) is 0 Å². The van der Waals surface area contributed by atoms with Crippen molar-refractivity contribution in [1.29, 1.82) is 0 Å². The minimum atomic E-state index is -1.08. The molecule has 1 amide bonds. The zero-order valence-corrected chi connectivity index (χ0v) is 11.8. The van der Waals surface area contributed by atoms with Crippen LogP contribution in [0.1, 0.15) is 40.0 Å². The van der Waals surface area contributed by atoms with E-state index in [1.807, 2.05) is 7.05 Å². The maximum atomic E-state index is 11.9. The smallest absolute Gasteiger partial charge is 0.409 e. The Morgan fingerprint density at radius 2 is 2.06 bits per heavy atom. The molecule has 106 valence electrons. The zero-order valence-electron chi connectivity index (χ0n) is 11.8. The minimum Gasteiger partial charge on any atom is -0.418 e. The van der Waals surface area contributed by atoms with Gasteiger partial charge in [-0.15, -0.1) is 0 Å². The predicted octanol–water partition coefficient (Wildman–Crippen LogP) is 2.44. The van der Waals surface area contributed by atoms with Gasteiger partial charge in [0, 0.05) is 12.6 Å². The van der Waals surface area contributed by atoms with Gasteiger partial charge >= 0.3 is 6.09 Å². The van der Waals surface area contributed by atoms with Crippen LogP contribution in [-0.2, 0) is 4.74 Å². The SMILES string of the molecule is CNC1CC(C)(C)CC(C)(CNC(=O)OCF)C1. The second kappa shape index (κ2) is 5.87. The van der Waals surface area contributed by atoms with E-state index in [1.165, 1.54) is 0 Å². The summed E-state index contributed by atoms with van der Waals surface area (Å²) >= 11 is 0. The van der Waals surface area contributed by atoms with Crippen molar-refractivity contribution in [3.05, 3.63) is 0 Å². The number of nitrogens with one attached hydrogen (secondary N) is 2. The van der Waals surface area contributed by atoms with Gasteiger partial charge in [0.25, 0.3) is 0 Å². The quantitative estimate of drug-likeness (QED) is 0.816. The number of alkyl halides is 1. The highest BCUT2D eigenvalue weighted by atomic mass is 19.1. The Hall–Kier alpha value is -0.840. The molecule has 0 saturated heterocycles. The summed E-state index contributed by atoms with van der Waals surface area (Å²) in [7, 11) is 1.97. The van der Waals surface area contributed by atoms with Gasteiger partial charge in [0.1, 0.15) is 0 Å². The van der Waals surface area contributed by atoms with Crippen molar-refractivity contribution in [3.8, 4) is 0 Å². The third-order valence-electron chi connectivity index (χ3n) is 3.70. The number of alkyl carbamates (subject to hydrolysis) is 1. The number of rotatable bonds is 4. The minimum absolute atomic E-state index is 0.0186. The predicted molar refractivity (Wildman–Crippen MR) is 69.0 cm³/mol. The molecule has 18 heavy (non-hydrogen) atoms. The summed E-state index contributed by atoms with van der Waals surface area (Å²) in [5, 5.41) is 5.97. The van der Waals surface area contributed by atoms with Crippen LogP contribution in [0.5, 0.6) is 0 Å². The molecular weight excluding hydrogens is 235 g/mol. The molecule has 1 saturated carbocycles. The Bertz CT molecular complexity index is 297. The van der Waals surface area contributed by atoms with E-state index in [1.54, 1.807) is 0 Å². The van der Waals surface area contributed by atoms with Crippen molar-refractivity contribution in [2.24, 2.45) is 10.8 Å². The lowest BCUT2D eigenvalue weighted by Crippen LogP contribution is -2.48. The van der Waals surface area contributed by atoms with E-state index in [0.717, 1.165) is 19.3 Å². The Balaban J connectivity index is 2.57. The average Bonchev–Trinajstić information content (AvgIpc) is 2.24. The van der Waals surface area contributed by atoms with E-state index in [9.17, 15) is 9.18 Å². The monoisotopic (exact) mass is 260 g/mol. The second-order valence-electron chi connectivity index (χ2n) is 6.44. The molecule has 0 aromatic carbocycles. The third-order valence-corrected chi connectivity index (χ3v) is 3.70. The fourth-order valence-electron chi connectivity index (χ4n) is 3.36. The molecule has 0 bridgehead atoms. The largest absolute Gasteiger partial charge is 0.418 e. The standard InChI is InChI=1S/C13H25FN2O2/c1-12(2)5-10(15-4)6-13(3,7-12)8-16-11(17)18-9-14/h10,15H,5-9H2,1-4H3,(H,16,17). The molecule has 2 atom stereocenters. The first-order valence-electron chi connectivity index (χ1n) is 6.44. The van der Waals surface area contributed by atoms with Gasteiger partial charge in [0.2, 0.25) is 6.86 Å². The summed E-state index contributed by atoms with van der Waals surface area (Å²) in [6, 6.07) is 0.456. The molecule has 1 aliphatic rings. The second-order valence-corrected chi connectivity index (χ2v) is 6.44. The number of hydrogen-bond acceptors (Lipinski definition) is 3. The highest BCUT2D eigenvalue weighted by Gasteiger charge is 2.40.